The lowest BCUT2D eigenvalue weighted by molar-refractivity contribution is -0.127. The fraction of sp³-hybridized carbons (Fsp3) is 0.435. The first-order chi connectivity index (χ1) is 15.1. The van der Waals surface area contributed by atoms with Gasteiger partial charge in [0.2, 0.25) is 5.91 Å². The van der Waals surface area contributed by atoms with Gasteiger partial charge in [-0.05, 0) is 37.8 Å². The van der Waals surface area contributed by atoms with Gasteiger partial charge in [-0.3, -0.25) is 9.59 Å². The zero-order valence-electron chi connectivity index (χ0n) is 18.4. The minimum Gasteiger partial charge on any atom is -0.398 e. The predicted molar refractivity (Wildman–Crippen MR) is 123 cm³/mol. The summed E-state index contributed by atoms with van der Waals surface area (Å²) in [5.74, 6) is -0.938. The quantitative estimate of drug-likeness (QED) is 0.605. The number of amides is 2. The second kappa shape index (κ2) is 7.62. The van der Waals surface area contributed by atoms with Crippen LogP contribution < -0.4 is 16.8 Å². The summed E-state index contributed by atoms with van der Waals surface area (Å²) in [6, 6.07) is 3.01. The minimum atomic E-state index is -0.737. The van der Waals surface area contributed by atoms with E-state index in [1.165, 1.54) is 37.3 Å². The fourth-order valence-electron chi connectivity index (χ4n) is 5.23. The molecule has 0 radical (unpaired) electrons. The Kier molecular flexibility index (Phi) is 5.32. The maximum absolute atomic E-state index is 15.5. The van der Waals surface area contributed by atoms with E-state index in [0.29, 0.717) is 42.2 Å². The van der Waals surface area contributed by atoms with Gasteiger partial charge in [-0.2, -0.15) is 0 Å². The van der Waals surface area contributed by atoms with Crippen LogP contribution in [-0.4, -0.2) is 42.3 Å². The maximum atomic E-state index is 15.5. The summed E-state index contributed by atoms with van der Waals surface area (Å²) < 4.78 is 15.5. The number of hydrogen-bond donors (Lipinski definition) is 3. The summed E-state index contributed by atoms with van der Waals surface area (Å²) >= 11 is 6.89. The molecule has 9 heteroatoms. The fourth-order valence-corrected chi connectivity index (χ4v) is 5.67. The maximum Gasteiger partial charge on any atom is 0.258 e. The second-order valence-electron chi connectivity index (χ2n) is 9.11. The van der Waals surface area contributed by atoms with Gasteiger partial charge in [0.15, 0.2) is 0 Å². The van der Waals surface area contributed by atoms with Gasteiger partial charge >= 0.3 is 0 Å². The largest absolute Gasteiger partial charge is 0.398 e. The third-order valence-electron chi connectivity index (χ3n) is 7.18. The number of carbonyl (C=O) groups excluding carboxylic acids is 2. The van der Waals surface area contributed by atoms with E-state index in [-0.39, 0.29) is 22.7 Å². The van der Waals surface area contributed by atoms with Crippen molar-refractivity contribution in [2.75, 3.05) is 31.7 Å². The summed E-state index contributed by atoms with van der Waals surface area (Å²) in [6.07, 6.45) is 4.10. The molecule has 1 aromatic heterocycles. The Morgan fingerprint density at radius 2 is 2.00 bits per heavy atom. The summed E-state index contributed by atoms with van der Waals surface area (Å²) in [5, 5.41) is 3.66. The van der Waals surface area contributed by atoms with Crippen molar-refractivity contribution in [3.05, 3.63) is 40.3 Å². The smallest absolute Gasteiger partial charge is 0.258 e. The van der Waals surface area contributed by atoms with Crippen molar-refractivity contribution in [3.8, 4) is 11.1 Å². The van der Waals surface area contributed by atoms with Crippen molar-refractivity contribution in [2.45, 2.75) is 38.0 Å². The topological polar surface area (TPSA) is 114 Å². The molecule has 2 heterocycles. The molecule has 0 bridgehead atoms. The third-order valence-corrected chi connectivity index (χ3v) is 7.58. The monoisotopic (exact) mass is 459 g/mol. The summed E-state index contributed by atoms with van der Waals surface area (Å²) in [6.45, 7) is 2.55. The first kappa shape index (κ1) is 22.3. The van der Waals surface area contributed by atoms with Crippen molar-refractivity contribution in [1.29, 1.82) is 0 Å². The molecule has 1 aromatic carbocycles. The zero-order valence-corrected chi connectivity index (χ0v) is 19.1. The number of nitrogen functional groups attached to an aromatic ring is 1. The van der Waals surface area contributed by atoms with Crippen LogP contribution in [0.2, 0.25) is 5.02 Å². The molecule has 2 atom stereocenters. The van der Waals surface area contributed by atoms with Crippen molar-refractivity contribution >= 4 is 34.9 Å². The van der Waals surface area contributed by atoms with Crippen LogP contribution in [0.5, 0.6) is 0 Å². The molecule has 1 aliphatic carbocycles. The summed E-state index contributed by atoms with van der Waals surface area (Å²) in [5.41, 5.74) is 11.9. The highest BCUT2D eigenvalue weighted by Gasteiger charge is 2.55. The standard InChI is InChI=1S/C23H27ClFN5O2/c1-4-22(21(27)32)7-8-23(10-22)11-29-19-16(23)17(24)13(9-28-19)12-5-6-14(26)15(18(12)25)20(31)30(2)3/h5-6,9H,4,7-8,10-11,26H2,1-3H3,(H2,27,32)(H,28,29)/t22-,23+/m0/s1. The van der Waals surface area contributed by atoms with Gasteiger partial charge in [-0.1, -0.05) is 18.5 Å². The highest BCUT2D eigenvalue weighted by molar-refractivity contribution is 6.34. The molecule has 1 saturated carbocycles. The molecule has 2 aliphatic rings. The van der Waals surface area contributed by atoms with E-state index in [2.05, 4.69) is 10.3 Å². The molecule has 1 aliphatic heterocycles. The molecule has 1 fully saturated rings. The molecular formula is C23H27ClFN5O2. The molecule has 7 nitrogen and oxygen atoms in total. The highest BCUT2D eigenvalue weighted by Crippen LogP contribution is 2.58. The molecule has 4 rings (SSSR count). The highest BCUT2D eigenvalue weighted by atomic mass is 35.5. The predicted octanol–water partition coefficient (Wildman–Crippen LogP) is 3.55. The van der Waals surface area contributed by atoms with Crippen LogP contribution in [0.3, 0.4) is 0 Å². The summed E-state index contributed by atoms with van der Waals surface area (Å²) in [7, 11) is 3.07. The molecule has 1 spiro atoms. The van der Waals surface area contributed by atoms with E-state index < -0.39 is 22.6 Å². The van der Waals surface area contributed by atoms with Gasteiger partial charge in [0, 0.05) is 60.0 Å². The van der Waals surface area contributed by atoms with Crippen molar-refractivity contribution in [3.63, 3.8) is 0 Å². The van der Waals surface area contributed by atoms with Gasteiger partial charge in [0.25, 0.3) is 5.91 Å². The Morgan fingerprint density at radius 1 is 1.28 bits per heavy atom. The van der Waals surface area contributed by atoms with E-state index in [0.717, 1.165) is 12.0 Å². The Labute approximate surface area is 191 Å². The molecule has 0 unspecified atom stereocenters. The van der Waals surface area contributed by atoms with Gasteiger partial charge < -0.3 is 21.7 Å². The first-order valence-corrected chi connectivity index (χ1v) is 11.0. The normalized spacial score (nSPS) is 23.8. The Balaban J connectivity index is 1.86. The lowest BCUT2D eigenvalue weighted by Crippen LogP contribution is -2.37. The average Bonchev–Trinajstić information content (AvgIpc) is 3.31. The molecule has 170 valence electrons. The number of nitrogens with one attached hydrogen (secondary N) is 1. The van der Waals surface area contributed by atoms with Crippen molar-refractivity contribution in [1.82, 2.24) is 9.88 Å². The van der Waals surface area contributed by atoms with Crippen LogP contribution in [0.15, 0.2) is 18.3 Å². The van der Waals surface area contributed by atoms with E-state index >= 15 is 4.39 Å². The molecule has 0 saturated heterocycles. The lowest BCUT2D eigenvalue weighted by Gasteiger charge is -2.29. The molecule has 2 aromatic rings. The number of hydrogen-bond acceptors (Lipinski definition) is 5. The number of primary amides is 1. The van der Waals surface area contributed by atoms with Gasteiger partial charge in [-0.15, -0.1) is 0 Å². The number of nitrogens with zero attached hydrogens (tertiary/aromatic N) is 2. The van der Waals surface area contributed by atoms with Crippen LogP contribution in [0, 0.1) is 11.2 Å². The number of aromatic nitrogens is 1. The average molecular weight is 460 g/mol. The van der Waals surface area contributed by atoms with E-state index in [1.54, 1.807) is 0 Å². The Hall–Kier alpha value is -2.87. The van der Waals surface area contributed by atoms with Crippen LogP contribution >= 0.6 is 11.6 Å². The van der Waals surface area contributed by atoms with Crippen molar-refractivity contribution in [2.24, 2.45) is 11.1 Å². The Bertz CT molecular complexity index is 1140. The Morgan fingerprint density at radius 3 is 2.59 bits per heavy atom. The lowest BCUT2D eigenvalue weighted by atomic mass is 9.74. The number of carbonyl (C=O) groups is 2. The van der Waals surface area contributed by atoms with Gasteiger partial charge in [0.1, 0.15) is 11.6 Å². The number of pyridine rings is 1. The number of anilines is 2. The first-order valence-electron chi connectivity index (χ1n) is 10.6. The van der Waals surface area contributed by atoms with Crippen LogP contribution in [0.4, 0.5) is 15.9 Å². The zero-order chi connectivity index (χ0) is 23.4. The molecule has 5 N–H and O–H groups in total. The SMILES string of the molecule is CC[C@]1(C(N)=O)CC[C@]2(CNc3ncc(-c4ccc(N)c(C(=O)N(C)C)c4F)c(Cl)c32)C1. The molecular weight excluding hydrogens is 433 g/mol. The third kappa shape index (κ3) is 3.11. The minimum absolute atomic E-state index is 0.0540. The van der Waals surface area contributed by atoms with E-state index in [1.807, 2.05) is 6.92 Å². The number of halogens is 2. The number of fused-ring (bicyclic) bond motifs is 2. The van der Waals surface area contributed by atoms with Crippen LogP contribution in [0.1, 0.15) is 48.5 Å². The number of rotatable bonds is 4. The van der Waals surface area contributed by atoms with Gasteiger partial charge in [-0.25, -0.2) is 9.37 Å². The number of nitrogens with two attached hydrogens (primary N) is 2. The summed E-state index contributed by atoms with van der Waals surface area (Å²) in [4.78, 5) is 30.6. The van der Waals surface area contributed by atoms with Crippen molar-refractivity contribution < 1.29 is 14.0 Å². The second-order valence-corrected chi connectivity index (χ2v) is 9.49. The van der Waals surface area contributed by atoms with Crippen LogP contribution in [0.25, 0.3) is 11.1 Å². The van der Waals surface area contributed by atoms with Crippen LogP contribution in [-0.2, 0) is 10.2 Å². The number of benzene rings is 1. The molecule has 2 amide bonds. The molecule has 32 heavy (non-hydrogen) atoms. The van der Waals surface area contributed by atoms with E-state index in [4.69, 9.17) is 23.1 Å². The van der Waals surface area contributed by atoms with E-state index in [9.17, 15) is 9.59 Å². The van der Waals surface area contributed by atoms with Gasteiger partial charge in [0.05, 0.1) is 10.6 Å².